The van der Waals surface area contributed by atoms with Gasteiger partial charge in [0.05, 0.1) is 0 Å². The zero-order valence-electron chi connectivity index (χ0n) is 11.8. The lowest BCUT2D eigenvalue weighted by Crippen LogP contribution is -2.38. The van der Waals surface area contributed by atoms with Crippen LogP contribution >= 0.6 is 0 Å². The summed E-state index contributed by atoms with van der Waals surface area (Å²) in [5.74, 6) is -0.329. The molecule has 0 radical (unpaired) electrons. The van der Waals surface area contributed by atoms with Crippen molar-refractivity contribution in [2.45, 2.75) is 19.0 Å². The van der Waals surface area contributed by atoms with E-state index in [1.807, 2.05) is 30.3 Å². The van der Waals surface area contributed by atoms with Gasteiger partial charge < -0.3 is 10.4 Å². The second-order valence-corrected chi connectivity index (χ2v) is 4.63. The summed E-state index contributed by atoms with van der Waals surface area (Å²) < 4.78 is 0. The van der Waals surface area contributed by atoms with E-state index in [1.54, 1.807) is 19.4 Å². The van der Waals surface area contributed by atoms with Gasteiger partial charge in [0.25, 0.3) is 0 Å². The molecule has 0 aliphatic heterocycles. The Bertz CT molecular complexity index is 572. The third kappa shape index (κ3) is 4.54. The Kier molecular flexibility index (Phi) is 5.22. The second kappa shape index (κ2) is 7.35. The molecule has 6 nitrogen and oxygen atoms in total. The highest BCUT2D eigenvalue weighted by atomic mass is 16.4. The van der Waals surface area contributed by atoms with E-state index < -0.39 is 12.0 Å². The molecule has 0 amide bonds. The first-order chi connectivity index (χ1) is 10.2. The summed E-state index contributed by atoms with van der Waals surface area (Å²) in [5, 5.41) is 15.1. The van der Waals surface area contributed by atoms with Crippen molar-refractivity contribution in [3.05, 3.63) is 53.9 Å². The topological polar surface area (TPSA) is 87.1 Å². The molecule has 21 heavy (non-hydrogen) atoms. The van der Waals surface area contributed by atoms with Gasteiger partial charge in [-0.25, -0.2) is 9.97 Å². The number of aromatic nitrogens is 2. The highest BCUT2D eigenvalue weighted by Crippen LogP contribution is 2.05. The van der Waals surface area contributed by atoms with Crippen LogP contribution in [0.15, 0.2) is 42.7 Å². The normalized spacial score (nSPS) is 11.9. The van der Waals surface area contributed by atoms with Crippen molar-refractivity contribution in [2.24, 2.45) is 0 Å². The smallest absolute Gasteiger partial charge is 0.321 e. The first-order valence-corrected chi connectivity index (χ1v) is 6.68. The van der Waals surface area contributed by atoms with Crippen molar-refractivity contribution in [1.82, 2.24) is 15.3 Å². The van der Waals surface area contributed by atoms with Gasteiger partial charge in [-0.05, 0) is 12.0 Å². The maximum atomic E-state index is 11.3. The van der Waals surface area contributed by atoms with Gasteiger partial charge in [0, 0.05) is 31.5 Å². The van der Waals surface area contributed by atoms with Crippen molar-refractivity contribution in [2.75, 3.05) is 12.4 Å². The predicted molar refractivity (Wildman–Crippen MR) is 80.0 cm³/mol. The zero-order valence-corrected chi connectivity index (χ0v) is 11.8. The fourth-order valence-electron chi connectivity index (χ4n) is 1.91. The summed E-state index contributed by atoms with van der Waals surface area (Å²) in [6.45, 7) is 0.411. The van der Waals surface area contributed by atoms with E-state index in [0.717, 1.165) is 11.1 Å². The molecule has 0 fully saturated rings. The summed E-state index contributed by atoms with van der Waals surface area (Å²) in [6, 6.07) is 8.91. The van der Waals surface area contributed by atoms with Crippen LogP contribution in [0, 0.1) is 0 Å². The molecular weight excluding hydrogens is 268 g/mol. The van der Waals surface area contributed by atoms with Crippen LogP contribution < -0.4 is 10.6 Å². The summed E-state index contributed by atoms with van der Waals surface area (Å²) >= 11 is 0. The SMILES string of the molecule is CNc1ncc(CN[C@@H](Cc2ccccc2)C(=O)O)cn1. The third-order valence-electron chi connectivity index (χ3n) is 3.06. The number of carboxylic acids is 1. The number of rotatable bonds is 7. The number of hydrogen-bond acceptors (Lipinski definition) is 5. The molecule has 0 aliphatic rings. The summed E-state index contributed by atoms with van der Waals surface area (Å²) in [4.78, 5) is 19.5. The highest BCUT2D eigenvalue weighted by molar-refractivity contribution is 5.73. The summed E-state index contributed by atoms with van der Waals surface area (Å²) in [7, 11) is 1.74. The lowest BCUT2D eigenvalue weighted by atomic mass is 10.1. The number of aliphatic carboxylic acids is 1. The van der Waals surface area contributed by atoms with Crippen LogP contribution in [0.25, 0.3) is 0 Å². The Morgan fingerprint density at radius 1 is 1.19 bits per heavy atom. The molecule has 0 saturated heterocycles. The minimum absolute atomic E-state index is 0.411. The van der Waals surface area contributed by atoms with Crippen molar-refractivity contribution >= 4 is 11.9 Å². The molecule has 2 rings (SSSR count). The Hall–Kier alpha value is -2.47. The lowest BCUT2D eigenvalue weighted by molar-refractivity contribution is -0.139. The monoisotopic (exact) mass is 286 g/mol. The molecule has 1 aromatic carbocycles. The van der Waals surface area contributed by atoms with Gasteiger partial charge in [-0.3, -0.25) is 10.1 Å². The number of anilines is 1. The Balaban J connectivity index is 1.95. The van der Waals surface area contributed by atoms with E-state index >= 15 is 0 Å². The lowest BCUT2D eigenvalue weighted by Gasteiger charge is -2.14. The molecule has 0 unspecified atom stereocenters. The third-order valence-corrected chi connectivity index (χ3v) is 3.06. The molecule has 3 N–H and O–H groups in total. The molecule has 1 atom stereocenters. The molecule has 1 aromatic heterocycles. The first kappa shape index (κ1) is 14.9. The van der Waals surface area contributed by atoms with Crippen molar-refractivity contribution < 1.29 is 9.90 Å². The van der Waals surface area contributed by atoms with Gasteiger partial charge in [-0.15, -0.1) is 0 Å². The Morgan fingerprint density at radius 3 is 2.43 bits per heavy atom. The number of nitrogens with one attached hydrogen (secondary N) is 2. The molecule has 0 bridgehead atoms. The quantitative estimate of drug-likeness (QED) is 0.711. The standard InChI is InChI=1S/C15H18N4O2/c1-16-15-18-9-12(10-19-15)8-17-13(14(20)21)7-11-5-3-2-4-6-11/h2-6,9-10,13,17H,7-8H2,1H3,(H,20,21)(H,16,18,19)/t13-/m0/s1. The van der Waals surface area contributed by atoms with Gasteiger partial charge in [0.2, 0.25) is 5.95 Å². The predicted octanol–water partition coefficient (Wildman–Crippen LogP) is 1.30. The molecule has 2 aromatic rings. The van der Waals surface area contributed by atoms with Crippen LogP contribution in [0.5, 0.6) is 0 Å². The van der Waals surface area contributed by atoms with E-state index in [4.69, 9.17) is 0 Å². The van der Waals surface area contributed by atoms with Crippen molar-refractivity contribution in [1.29, 1.82) is 0 Å². The van der Waals surface area contributed by atoms with Crippen LogP contribution in [-0.4, -0.2) is 34.1 Å². The van der Waals surface area contributed by atoms with Crippen molar-refractivity contribution in [3.8, 4) is 0 Å². The molecule has 0 aliphatic carbocycles. The van der Waals surface area contributed by atoms with Gasteiger partial charge in [-0.1, -0.05) is 30.3 Å². The molecular formula is C15H18N4O2. The fraction of sp³-hybridized carbons (Fsp3) is 0.267. The number of carboxylic acid groups (broad SMARTS) is 1. The van der Waals surface area contributed by atoms with E-state index in [1.165, 1.54) is 0 Å². The van der Waals surface area contributed by atoms with E-state index in [9.17, 15) is 9.90 Å². The molecule has 1 heterocycles. The molecule has 6 heteroatoms. The van der Waals surface area contributed by atoms with E-state index in [0.29, 0.717) is 18.9 Å². The number of benzene rings is 1. The van der Waals surface area contributed by atoms with Gasteiger partial charge in [0.1, 0.15) is 6.04 Å². The minimum Gasteiger partial charge on any atom is -0.480 e. The highest BCUT2D eigenvalue weighted by Gasteiger charge is 2.17. The van der Waals surface area contributed by atoms with Crippen LogP contribution in [-0.2, 0) is 17.8 Å². The van der Waals surface area contributed by atoms with E-state index in [2.05, 4.69) is 20.6 Å². The Morgan fingerprint density at radius 2 is 1.86 bits per heavy atom. The Labute approximate surface area is 123 Å². The zero-order chi connectivity index (χ0) is 15.1. The molecule has 0 saturated carbocycles. The minimum atomic E-state index is -0.869. The van der Waals surface area contributed by atoms with Crippen molar-refractivity contribution in [3.63, 3.8) is 0 Å². The van der Waals surface area contributed by atoms with Crippen LogP contribution in [0.4, 0.5) is 5.95 Å². The number of hydrogen-bond donors (Lipinski definition) is 3. The average Bonchev–Trinajstić information content (AvgIpc) is 2.52. The number of nitrogens with zero attached hydrogens (tertiary/aromatic N) is 2. The molecule has 110 valence electrons. The second-order valence-electron chi connectivity index (χ2n) is 4.63. The maximum Gasteiger partial charge on any atom is 0.321 e. The maximum absolute atomic E-state index is 11.3. The van der Waals surface area contributed by atoms with E-state index in [-0.39, 0.29) is 0 Å². The van der Waals surface area contributed by atoms with Gasteiger partial charge in [0.15, 0.2) is 0 Å². The summed E-state index contributed by atoms with van der Waals surface area (Å²) in [5.41, 5.74) is 1.83. The number of carbonyl (C=O) groups is 1. The summed E-state index contributed by atoms with van der Waals surface area (Å²) in [6.07, 6.45) is 3.78. The first-order valence-electron chi connectivity index (χ1n) is 6.68. The van der Waals surface area contributed by atoms with Gasteiger partial charge in [-0.2, -0.15) is 0 Å². The molecule has 0 spiro atoms. The van der Waals surface area contributed by atoms with Crippen LogP contribution in [0.2, 0.25) is 0 Å². The average molecular weight is 286 g/mol. The fourth-order valence-corrected chi connectivity index (χ4v) is 1.91. The van der Waals surface area contributed by atoms with Crippen LogP contribution in [0.1, 0.15) is 11.1 Å². The van der Waals surface area contributed by atoms with Crippen LogP contribution in [0.3, 0.4) is 0 Å². The van der Waals surface area contributed by atoms with Gasteiger partial charge >= 0.3 is 5.97 Å². The largest absolute Gasteiger partial charge is 0.480 e.